The van der Waals surface area contributed by atoms with Crippen molar-refractivity contribution >= 4 is 6.29 Å². The van der Waals surface area contributed by atoms with Gasteiger partial charge < -0.3 is 4.79 Å². The Bertz CT molecular complexity index is 146. The smallest absolute Gasteiger partial charge is 0.123 e. The zero-order valence-electron chi connectivity index (χ0n) is 6.98. The van der Waals surface area contributed by atoms with E-state index in [-0.39, 0.29) is 5.92 Å². The van der Waals surface area contributed by atoms with Gasteiger partial charge in [-0.05, 0) is 32.1 Å². The molecule has 0 aliphatic heterocycles. The van der Waals surface area contributed by atoms with Gasteiger partial charge in [0.2, 0.25) is 0 Å². The van der Waals surface area contributed by atoms with Gasteiger partial charge in [-0.3, -0.25) is 0 Å². The molecular formula is C9H15FO. The SMILES string of the molecule is CCC1(F)CCCC(C=O)C1. The normalized spacial score (nSPS) is 38.5. The highest BCUT2D eigenvalue weighted by molar-refractivity contribution is 5.53. The van der Waals surface area contributed by atoms with Crippen LogP contribution in [-0.4, -0.2) is 12.0 Å². The molecule has 2 unspecified atom stereocenters. The zero-order chi connectivity index (χ0) is 8.32. The number of carbonyl (C=O) groups excluding carboxylic acids is 1. The topological polar surface area (TPSA) is 17.1 Å². The number of alkyl halides is 1. The molecule has 0 aromatic heterocycles. The maximum atomic E-state index is 13.6. The summed E-state index contributed by atoms with van der Waals surface area (Å²) in [6.45, 7) is 1.85. The van der Waals surface area contributed by atoms with Gasteiger partial charge in [0.05, 0.1) is 0 Å². The van der Waals surface area contributed by atoms with Crippen LogP contribution in [-0.2, 0) is 4.79 Å². The second-order valence-electron chi connectivity index (χ2n) is 3.50. The van der Waals surface area contributed by atoms with Crippen LogP contribution in [0.25, 0.3) is 0 Å². The summed E-state index contributed by atoms with van der Waals surface area (Å²) < 4.78 is 13.6. The molecule has 1 saturated carbocycles. The molecule has 1 nitrogen and oxygen atoms in total. The molecule has 11 heavy (non-hydrogen) atoms. The number of carbonyl (C=O) groups is 1. The molecule has 64 valence electrons. The van der Waals surface area contributed by atoms with Crippen molar-refractivity contribution in [2.24, 2.45) is 5.92 Å². The van der Waals surface area contributed by atoms with Crippen molar-refractivity contribution in [1.82, 2.24) is 0 Å². The van der Waals surface area contributed by atoms with Crippen molar-refractivity contribution in [2.75, 3.05) is 0 Å². The summed E-state index contributed by atoms with van der Waals surface area (Å²) >= 11 is 0. The van der Waals surface area contributed by atoms with Gasteiger partial charge in [-0.2, -0.15) is 0 Å². The summed E-state index contributed by atoms with van der Waals surface area (Å²) in [6, 6.07) is 0. The van der Waals surface area contributed by atoms with Crippen molar-refractivity contribution in [2.45, 2.75) is 44.7 Å². The third kappa shape index (κ3) is 2.01. The molecule has 0 spiro atoms. The van der Waals surface area contributed by atoms with Crippen LogP contribution in [0.5, 0.6) is 0 Å². The molecule has 0 aromatic carbocycles. The van der Waals surface area contributed by atoms with Crippen molar-refractivity contribution in [1.29, 1.82) is 0 Å². The van der Waals surface area contributed by atoms with E-state index in [2.05, 4.69) is 0 Å². The molecule has 0 aromatic rings. The van der Waals surface area contributed by atoms with E-state index in [1.54, 1.807) is 0 Å². The Morgan fingerprint density at radius 1 is 1.73 bits per heavy atom. The Morgan fingerprint density at radius 3 is 3.00 bits per heavy atom. The average Bonchev–Trinajstić information content (AvgIpc) is 2.05. The molecule has 0 heterocycles. The van der Waals surface area contributed by atoms with Crippen LogP contribution in [0.4, 0.5) is 4.39 Å². The fraction of sp³-hybridized carbons (Fsp3) is 0.889. The molecular weight excluding hydrogens is 143 g/mol. The maximum absolute atomic E-state index is 13.6. The van der Waals surface area contributed by atoms with E-state index in [1.165, 1.54) is 0 Å². The van der Waals surface area contributed by atoms with Crippen molar-refractivity contribution in [3.05, 3.63) is 0 Å². The van der Waals surface area contributed by atoms with Crippen LogP contribution in [0.15, 0.2) is 0 Å². The number of hydrogen-bond donors (Lipinski definition) is 0. The van der Waals surface area contributed by atoms with E-state index in [0.717, 1.165) is 19.1 Å². The molecule has 2 atom stereocenters. The van der Waals surface area contributed by atoms with Gasteiger partial charge in [-0.25, -0.2) is 4.39 Å². The minimum atomic E-state index is -1.04. The summed E-state index contributed by atoms with van der Waals surface area (Å²) in [4.78, 5) is 10.4. The standard InChI is InChI=1S/C9H15FO/c1-2-9(10)5-3-4-8(6-9)7-11/h7-8H,2-6H2,1H3. The fourth-order valence-corrected chi connectivity index (χ4v) is 1.79. The third-order valence-corrected chi connectivity index (χ3v) is 2.65. The molecule has 0 amide bonds. The molecule has 1 aliphatic carbocycles. The first-order valence-corrected chi connectivity index (χ1v) is 4.34. The molecule has 1 rings (SSSR count). The summed E-state index contributed by atoms with van der Waals surface area (Å²) in [6.07, 6.45) is 4.31. The van der Waals surface area contributed by atoms with Crippen LogP contribution >= 0.6 is 0 Å². The highest BCUT2D eigenvalue weighted by Crippen LogP contribution is 2.36. The fourth-order valence-electron chi connectivity index (χ4n) is 1.79. The summed E-state index contributed by atoms with van der Waals surface area (Å²) in [7, 11) is 0. The molecule has 1 fully saturated rings. The Labute approximate surface area is 67.0 Å². The van der Waals surface area contributed by atoms with Gasteiger partial charge in [0.15, 0.2) is 0 Å². The maximum Gasteiger partial charge on any atom is 0.123 e. The van der Waals surface area contributed by atoms with E-state index >= 15 is 0 Å². The monoisotopic (exact) mass is 158 g/mol. The average molecular weight is 158 g/mol. The summed E-state index contributed by atoms with van der Waals surface area (Å²) in [5, 5.41) is 0. The minimum Gasteiger partial charge on any atom is -0.303 e. The van der Waals surface area contributed by atoms with E-state index in [0.29, 0.717) is 19.3 Å². The Kier molecular flexibility index (Phi) is 2.63. The van der Waals surface area contributed by atoms with Crippen LogP contribution < -0.4 is 0 Å². The first-order chi connectivity index (χ1) is 5.20. The molecule has 0 N–H and O–H groups in total. The number of aldehydes is 1. The van der Waals surface area contributed by atoms with E-state index in [9.17, 15) is 9.18 Å². The Morgan fingerprint density at radius 2 is 2.45 bits per heavy atom. The highest BCUT2D eigenvalue weighted by atomic mass is 19.1. The number of hydrogen-bond acceptors (Lipinski definition) is 1. The predicted octanol–water partition coefficient (Wildman–Crippen LogP) is 2.49. The van der Waals surface area contributed by atoms with E-state index < -0.39 is 5.67 Å². The van der Waals surface area contributed by atoms with Gasteiger partial charge in [-0.1, -0.05) is 6.92 Å². The van der Waals surface area contributed by atoms with Gasteiger partial charge in [-0.15, -0.1) is 0 Å². The number of halogens is 1. The quantitative estimate of drug-likeness (QED) is 0.564. The molecule has 0 radical (unpaired) electrons. The summed E-state index contributed by atoms with van der Waals surface area (Å²) in [5.41, 5.74) is -1.04. The van der Waals surface area contributed by atoms with Gasteiger partial charge in [0.25, 0.3) is 0 Å². The summed E-state index contributed by atoms with van der Waals surface area (Å²) in [5.74, 6) is -0.0197. The first kappa shape index (κ1) is 8.69. The van der Waals surface area contributed by atoms with Gasteiger partial charge >= 0.3 is 0 Å². The molecule has 0 saturated heterocycles. The van der Waals surface area contributed by atoms with Crippen molar-refractivity contribution < 1.29 is 9.18 Å². The lowest BCUT2D eigenvalue weighted by Gasteiger charge is -2.31. The predicted molar refractivity (Wildman–Crippen MR) is 42.2 cm³/mol. The second-order valence-corrected chi connectivity index (χ2v) is 3.50. The lowest BCUT2D eigenvalue weighted by atomic mass is 9.79. The van der Waals surface area contributed by atoms with Crippen LogP contribution in [0.3, 0.4) is 0 Å². The van der Waals surface area contributed by atoms with Crippen LogP contribution in [0.2, 0.25) is 0 Å². The molecule has 2 heteroatoms. The molecule has 0 bridgehead atoms. The minimum absolute atomic E-state index is 0.0197. The Hall–Kier alpha value is -0.400. The largest absolute Gasteiger partial charge is 0.303 e. The first-order valence-electron chi connectivity index (χ1n) is 4.34. The zero-order valence-corrected chi connectivity index (χ0v) is 6.98. The van der Waals surface area contributed by atoms with Crippen LogP contribution in [0, 0.1) is 5.92 Å². The van der Waals surface area contributed by atoms with Gasteiger partial charge in [0.1, 0.15) is 12.0 Å². The van der Waals surface area contributed by atoms with Crippen molar-refractivity contribution in [3.63, 3.8) is 0 Å². The van der Waals surface area contributed by atoms with Crippen molar-refractivity contribution in [3.8, 4) is 0 Å². The number of rotatable bonds is 2. The van der Waals surface area contributed by atoms with E-state index in [1.807, 2.05) is 6.92 Å². The van der Waals surface area contributed by atoms with E-state index in [4.69, 9.17) is 0 Å². The lowest BCUT2D eigenvalue weighted by Crippen LogP contribution is -2.30. The Balaban J connectivity index is 2.51. The third-order valence-electron chi connectivity index (χ3n) is 2.65. The molecule has 1 aliphatic rings. The lowest BCUT2D eigenvalue weighted by molar-refractivity contribution is -0.113. The van der Waals surface area contributed by atoms with Crippen LogP contribution in [0.1, 0.15) is 39.0 Å². The second kappa shape index (κ2) is 3.33. The highest BCUT2D eigenvalue weighted by Gasteiger charge is 2.34. The van der Waals surface area contributed by atoms with Gasteiger partial charge in [0, 0.05) is 5.92 Å².